The minimum Gasteiger partial charge on any atom is -0.344 e. The second-order valence-electron chi connectivity index (χ2n) is 7.63. The van der Waals surface area contributed by atoms with Gasteiger partial charge in [0.05, 0.1) is 23.1 Å². The maximum Gasteiger partial charge on any atom is 0.276 e. The van der Waals surface area contributed by atoms with Crippen LogP contribution in [0.25, 0.3) is 0 Å². The lowest BCUT2D eigenvalue weighted by molar-refractivity contribution is 0.0938. The van der Waals surface area contributed by atoms with E-state index in [4.69, 9.17) is 4.98 Å². The third-order valence-electron chi connectivity index (χ3n) is 5.31. The summed E-state index contributed by atoms with van der Waals surface area (Å²) in [5.41, 5.74) is 3.90. The zero-order chi connectivity index (χ0) is 22.0. The van der Waals surface area contributed by atoms with Crippen LogP contribution in [0, 0.1) is 12.7 Å². The molecule has 2 amide bonds. The van der Waals surface area contributed by atoms with Crippen molar-refractivity contribution in [1.29, 1.82) is 0 Å². The molecule has 0 fully saturated rings. The number of nitrogens with one attached hydrogen (secondary N) is 1. The molecule has 0 spiro atoms. The molecular formula is C24H23FN4O2. The summed E-state index contributed by atoms with van der Waals surface area (Å²) in [5.74, 6) is -0.827. The lowest BCUT2D eigenvalue weighted by Crippen LogP contribution is -2.36. The maximum absolute atomic E-state index is 13.1. The Labute approximate surface area is 180 Å². The third-order valence-corrected chi connectivity index (χ3v) is 5.31. The van der Waals surface area contributed by atoms with Crippen LogP contribution >= 0.6 is 0 Å². The first kappa shape index (κ1) is 20.7. The molecule has 3 aromatic rings. The van der Waals surface area contributed by atoms with Crippen molar-refractivity contribution in [1.82, 2.24) is 15.3 Å². The lowest BCUT2D eigenvalue weighted by atomic mass is 10.0. The largest absolute Gasteiger partial charge is 0.344 e. The van der Waals surface area contributed by atoms with Gasteiger partial charge in [-0.2, -0.15) is 0 Å². The Morgan fingerprint density at radius 1 is 1.06 bits per heavy atom. The van der Waals surface area contributed by atoms with E-state index < -0.39 is 0 Å². The van der Waals surface area contributed by atoms with Gasteiger partial charge in [-0.25, -0.2) is 9.37 Å². The predicted octanol–water partition coefficient (Wildman–Crippen LogP) is 4.01. The number of halogens is 1. The van der Waals surface area contributed by atoms with Gasteiger partial charge in [0, 0.05) is 17.8 Å². The smallest absolute Gasteiger partial charge is 0.276 e. The van der Waals surface area contributed by atoms with Crippen LogP contribution in [0.3, 0.4) is 0 Å². The van der Waals surface area contributed by atoms with Gasteiger partial charge in [0.2, 0.25) is 0 Å². The first-order valence-corrected chi connectivity index (χ1v) is 10.2. The Kier molecular flexibility index (Phi) is 5.75. The van der Waals surface area contributed by atoms with Gasteiger partial charge in [-0.3, -0.25) is 14.6 Å². The third kappa shape index (κ3) is 4.45. The summed E-state index contributed by atoms with van der Waals surface area (Å²) in [4.78, 5) is 36.2. The molecule has 1 aliphatic heterocycles. The van der Waals surface area contributed by atoms with E-state index in [-0.39, 0.29) is 23.7 Å². The number of rotatable bonds is 4. The minimum absolute atomic E-state index is 0.142. The van der Waals surface area contributed by atoms with Crippen LogP contribution in [0.15, 0.2) is 54.6 Å². The highest BCUT2D eigenvalue weighted by molar-refractivity contribution is 6.05. The first-order valence-electron chi connectivity index (χ1n) is 10.2. The summed E-state index contributed by atoms with van der Waals surface area (Å²) in [5, 5.41) is 2.89. The number of fused-ring (bicyclic) bond motifs is 1. The number of pyridine rings is 2. The Morgan fingerprint density at radius 2 is 1.84 bits per heavy atom. The van der Waals surface area contributed by atoms with E-state index in [2.05, 4.69) is 10.3 Å². The normalized spacial score (nSPS) is 14.0. The van der Waals surface area contributed by atoms with E-state index in [0.29, 0.717) is 23.5 Å². The summed E-state index contributed by atoms with van der Waals surface area (Å²) in [6.07, 6.45) is 1.56. The van der Waals surface area contributed by atoms with Crippen molar-refractivity contribution < 1.29 is 14.0 Å². The lowest BCUT2D eigenvalue weighted by Gasteiger charge is -2.29. The standard InChI is InChI=1S/C24H23FN4O2/c1-15-5-3-6-21(26-15)24(31)29-14-4-7-20-22(29)13-12-19(28-20)16(2)27-23(30)17-8-10-18(25)11-9-17/h3,5-6,8-13,16H,4,7,14H2,1-2H3,(H,27,30). The van der Waals surface area contributed by atoms with Crippen LogP contribution in [-0.2, 0) is 6.42 Å². The second-order valence-corrected chi connectivity index (χ2v) is 7.63. The highest BCUT2D eigenvalue weighted by Gasteiger charge is 2.26. The van der Waals surface area contributed by atoms with Crippen LogP contribution in [0.5, 0.6) is 0 Å². The van der Waals surface area contributed by atoms with Gasteiger partial charge in [0.25, 0.3) is 11.8 Å². The molecular weight excluding hydrogens is 395 g/mol. The predicted molar refractivity (Wildman–Crippen MR) is 115 cm³/mol. The fourth-order valence-corrected chi connectivity index (χ4v) is 3.67. The number of amides is 2. The van der Waals surface area contributed by atoms with Crippen molar-refractivity contribution in [2.45, 2.75) is 32.7 Å². The van der Waals surface area contributed by atoms with Gasteiger partial charge in [0.1, 0.15) is 11.5 Å². The SMILES string of the molecule is Cc1cccc(C(=O)N2CCCc3nc(C(C)NC(=O)c4ccc(F)cc4)ccc32)n1. The molecule has 0 radical (unpaired) electrons. The van der Waals surface area contributed by atoms with E-state index in [0.717, 1.165) is 29.9 Å². The van der Waals surface area contributed by atoms with Crippen molar-refractivity contribution >= 4 is 17.5 Å². The maximum atomic E-state index is 13.1. The molecule has 0 bridgehead atoms. The molecule has 31 heavy (non-hydrogen) atoms. The molecule has 0 aliphatic carbocycles. The van der Waals surface area contributed by atoms with E-state index >= 15 is 0 Å². The number of anilines is 1. The quantitative estimate of drug-likeness (QED) is 0.695. The van der Waals surface area contributed by atoms with Gasteiger partial charge >= 0.3 is 0 Å². The summed E-state index contributed by atoms with van der Waals surface area (Å²) in [7, 11) is 0. The van der Waals surface area contributed by atoms with Gasteiger partial charge in [-0.1, -0.05) is 6.07 Å². The van der Waals surface area contributed by atoms with E-state index in [1.165, 1.54) is 24.3 Å². The van der Waals surface area contributed by atoms with Crippen molar-refractivity contribution in [3.05, 3.63) is 88.8 Å². The van der Waals surface area contributed by atoms with Gasteiger partial charge in [-0.05, 0) is 75.2 Å². The first-order chi connectivity index (χ1) is 14.9. The number of nitrogens with zero attached hydrogens (tertiary/aromatic N) is 3. The van der Waals surface area contributed by atoms with Crippen LogP contribution in [0.1, 0.15) is 57.3 Å². The number of carbonyl (C=O) groups is 2. The van der Waals surface area contributed by atoms with Crippen LogP contribution in [-0.4, -0.2) is 28.3 Å². The van der Waals surface area contributed by atoms with Crippen molar-refractivity contribution in [2.75, 3.05) is 11.4 Å². The number of hydrogen-bond donors (Lipinski definition) is 1. The molecule has 0 saturated carbocycles. The molecule has 4 rings (SSSR count). The van der Waals surface area contributed by atoms with E-state index in [1.54, 1.807) is 11.0 Å². The van der Waals surface area contributed by atoms with Crippen molar-refractivity contribution in [3.8, 4) is 0 Å². The fourth-order valence-electron chi connectivity index (χ4n) is 3.67. The van der Waals surface area contributed by atoms with Crippen LogP contribution < -0.4 is 10.2 Å². The van der Waals surface area contributed by atoms with Gasteiger partial charge in [-0.15, -0.1) is 0 Å². The number of carbonyl (C=O) groups excluding carboxylic acids is 2. The molecule has 7 heteroatoms. The van der Waals surface area contributed by atoms with Crippen LogP contribution in [0.4, 0.5) is 10.1 Å². The molecule has 1 atom stereocenters. The highest BCUT2D eigenvalue weighted by Crippen LogP contribution is 2.28. The summed E-state index contributed by atoms with van der Waals surface area (Å²) < 4.78 is 13.1. The summed E-state index contributed by atoms with van der Waals surface area (Å²) in [6.45, 7) is 4.31. The zero-order valence-electron chi connectivity index (χ0n) is 17.4. The molecule has 3 heterocycles. The Morgan fingerprint density at radius 3 is 2.58 bits per heavy atom. The molecule has 1 unspecified atom stereocenters. The molecule has 1 N–H and O–H groups in total. The molecule has 2 aromatic heterocycles. The molecule has 158 valence electrons. The summed E-state index contributed by atoms with van der Waals surface area (Å²) in [6, 6.07) is 14.2. The Hall–Kier alpha value is -3.61. The zero-order valence-corrected chi connectivity index (χ0v) is 17.4. The molecule has 6 nitrogen and oxygen atoms in total. The fraction of sp³-hybridized carbons (Fsp3) is 0.250. The van der Waals surface area contributed by atoms with Gasteiger partial charge in [0.15, 0.2) is 0 Å². The van der Waals surface area contributed by atoms with E-state index in [9.17, 15) is 14.0 Å². The highest BCUT2D eigenvalue weighted by atomic mass is 19.1. The molecule has 1 aliphatic rings. The van der Waals surface area contributed by atoms with E-state index in [1.807, 2.05) is 38.1 Å². The average molecular weight is 418 g/mol. The summed E-state index contributed by atoms with van der Waals surface area (Å²) >= 11 is 0. The molecule has 0 saturated heterocycles. The Bertz CT molecular complexity index is 1130. The number of aromatic nitrogens is 2. The number of aryl methyl sites for hydroxylation is 2. The molecule has 1 aromatic carbocycles. The Balaban J connectivity index is 1.53. The monoisotopic (exact) mass is 418 g/mol. The number of benzene rings is 1. The van der Waals surface area contributed by atoms with Crippen molar-refractivity contribution in [3.63, 3.8) is 0 Å². The number of hydrogen-bond acceptors (Lipinski definition) is 4. The van der Waals surface area contributed by atoms with Crippen LogP contribution in [0.2, 0.25) is 0 Å². The second kappa shape index (κ2) is 8.63. The minimum atomic E-state index is -0.388. The van der Waals surface area contributed by atoms with Crippen molar-refractivity contribution in [2.24, 2.45) is 0 Å². The average Bonchev–Trinajstić information content (AvgIpc) is 2.78. The topological polar surface area (TPSA) is 75.2 Å². The van der Waals surface area contributed by atoms with Gasteiger partial charge < -0.3 is 10.2 Å².